The number of benzene rings is 2. The van der Waals surface area contributed by atoms with Crippen LogP contribution in [0.2, 0.25) is 5.02 Å². The molecule has 0 heterocycles. The molecule has 1 N–H and O–H groups in total. The number of rotatable bonds is 9. The molecule has 26 heavy (non-hydrogen) atoms. The first-order valence-electron chi connectivity index (χ1n) is 8.51. The minimum Gasteiger partial charge on any atom is -0.497 e. The molecule has 0 aromatic heterocycles. The van der Waals surface area contributed by atoms with Gasteiger partial charge in [0.1, 0.15) is 18.1 Å². The predicted octanol–water partition coefficient (Wildman–Crippen LogP) is 4.80. The monoisotopic (exact) mass is 393 g/mol. The lowest BCUT2D eigenvalue weighted by Gasteiger charge is -2.19. The maximum Gasteiger partial charge on any atom is 0.233 e. The molecular weight excluding hydrogens is 370 g/mol. The highest BCUT2D eigenvalue weighted by atomic mass is 35.5. The molecule has 0 bridgehead atoms. The van der Waals surface area contributed by atoms with Crippen molar-refractivity contribution in [3.8, 4) is 11.5 Å². The standard InChI is InChI=1S/C20H24ClNO3S/c1-4-19(26-18-11-5-15(21)6-12-18)20(23)22-14(2)13-25-17-9-7-16(24-3)8-10-17/h5-12,14,19H,4,13H2,1-3H3,(H,22,23). The smallest absolute Gasteiger partial charge is 0.233 e. The van der Waals surface area contributed by atoms with Gasteiger partial charge in [-0.3, -0.25) is 4.79 Å². The number of ether oxygens (including phenoxy) is 2. The molecule has 0 saturated heterocycles. The summed E-state index contributed by atoms with van der Waals surface area (Å²) in [5.41, 5.74) is 0. The molecule has 0 spiro atoms. The molecular formula is C20H24ClNO3S. The van der Waals surface area contributed by atoms with Crippen molar-refractivity contribution in [2.45, 2.75) is 36.5 Å². The average Bonchev–Trinajstić information content (AvgIpc) is 2.66. The largest absolute Gasteiger partial charge is 0.497 e. The molecule has 0 aliphatic rings. The molecule has 2 rings (SSSR count). The first-order chi connectivity index (χ1) is 12.5. The van der Waals surface area contributed by atoms with E-state index >= 15 is 0 Å². The van der Waals surface area contributed by atoms with E-state index in [0.29, 0.717) is 11.6 Å². The summed E-state index contributed by atoms with van der Waals surface area (Å²) in [7, 11) is 1.62. The van der Waals surface area contributed by atoms with Gasteiger partial charge in [0, 0.05) is 9.92 Å². The molecule has 4 nitrogen and oxygen atoms in total. The number of nitrogens with one attached hydrogen (secondary N) is 1. The molecule has 0 aliphatic carbocycles. The van der Waals surface area contributed by atoms with E-state index < -0.39 is 0 Å². The number of methoxy groups -OCH3 is 1. The van der Waals surface area contributed by atoms with E-state index in [0.717, 1.165) is 22.8 Å². The van der Waals surface area contributed by atoms with Gasteiger partial charge in [-0.15, -0.1) is 11.8 Å². The van der Waals surface area contributed by atoms with Crippen LogP contribution >= 0.6 is 23.4 Å². The first-order valence-corrected chi connectivity index (χ1v) is 9.77. The van der Waals surface area contributed by atoms with E-state index in [-0.39, 0.29) is 17.2 Å². The Balaban J connectivity index is 1.82. The van der Waals surface area contributed by atoms with Crippen molar-refractivity contribution >= 4 is 29.3 Å². The fourth-order valence-electron chi connectivity index (χ4n) is 2.27. The SMILES string of the molecule is CCC(Sc1ccc(Cl)cc1)C(=O)NC(C)COc1ccc(OC)cc1. The van der Waals surface area contributed by atoms with Gasteiger partial charge in [-0.05, 0) is 61.9 Å². The van der Waals surface area contributed by atoms with Gasteiger partial charge in [0.25, 0.3) is 0 Å². The van der Waals surface area contributed by atoms with Crippen LogP contribution in [-0.2, 0) is 4.79 Å². The van der Waals surface area contributed by atoms with E-state index in [2.05, 4.69) is 5.32 Å². The lowest BCUT2D eigenvalue weighted by atomic mass is 10.2. The van der Waals surface area contributed by atoms with Crippen molar-refractivity contribution < 1.29 is 14.3 Å². The van der Waals surface area contributed by atoms with Gasteiger partial charge < -0.3 is 14.8 Å². The number of carbonyl (C=O) groups is 1. The van der Waals surface area contributed by atoms with Gasteiger partial charge in [-0.25, -0.2) is 0 Å². The Kier molecular flexibility index (Phi) is 8.13. The fraction of sp³-hybridized carbons (Fsp3) is 0.350. The number of carbonyl (C=O) groups excluding carboxylic acids is 1. The molecule has 2 aromatic rings. The normalized spacial score (nSPS) is 12.9. The van der Waals surface area contributed by atoms with Gasteiger partial charge in [0.05, 0.1) is 18.4 Å². The van der Waals surface area contributed by atoms with E-state index in [9.17, 15) is 4.79 Å². The Hall–Kier alpha value is -1.85. The predicted molar refractivity (Wildman–Crippen MR) is 107 cm³/mol. The second-order valence-electron chi connectivity index (χ2n) is 5.86. The number of hydrogen-bond acceptors (Lipinski definition) is 4. The van der Waals surface area contributed by atoms with Crippen LogP contribution in [0, 0.1) is 0 Å². The maximum absolute atomic E-state index is 12.5. The second-order valence-corrected chi connectivity index (χ2v) is 7.58. The van der Waals surface area contributed by atoms with Gasteiger partial charge in [-0.2, -0.15) is 0 Å². The maximum atomic E-state index is 12.5. The third kappa shape index (κ3) is 6.46. The number of amides is 1. The molecule has 6 heteroatoms. The highest BCUT2D eigenvalue weighted by Crippen LogP contribution is 2.27. The summed E-state index contributed by atoms with van der Waals surface area (Å²) in [5, 5.41) is 3.56. The Morgan fingerprint density at radius 1 is 1.12 bits per heavy atom. The van der Waals surface area contributed by atoms with Crippen molar-refractivity contribution in [1.82, 2.24) is 5.32 Å². The minimum atomic E-state index is -0.153. The van der Waals surface area contributed by atoms with Crippen LogP contribution in [-0.4, -0.2) is 30.9 Å². The lowest BCUT2D eigenvalue weighted by molar-refractivity contribution is -0.121. The minimum absolute atomic E-state index is 0.0123. The summed E-state index contributed by atoms with van der Waals surface area (Å²) >= 11 is 7.45. The number of thioether (sulfide) groups is 1. The zero-order chi connectivity index (χ0) is 18.9. The van der Waals surface area contributed by atoms with Gasteiger partial charge in [0.15, 0.2) is 0 Å². The van der Waals surface area contributed by atoms with E-state index in [1.165, 1.54) is 0 Å². The molecule has 0 radical (unpaired) electrons. The van der Waals surface area contributed by atoms with Crippen LogP contribution in [0.1, 0.15) is 20.3 Å². The van der Waals surface area contributed by atoms with Crippen LogP contribution in [0.3, 0.4) is 0 Å². The molecule has 2 aromatic carbocycles. The summed E-state index contributed by atoms with van der Waals surface area (Å²) < 4.78 is 10.8. The van der Waals surface area contributed by atoms with Crippen LogP contribution in [0.5, 0.6) is 11.5 Å². The number of hydrogen-bond donors (Lipinski definition) is 1. The lowest BCUT2D eigenvalue weighted by Crippen LogP contribution is -2.41. The summed E-state index contributed by atoms with van der Waals surface area (Å²) in [6, 6.07) is 14.8. The fourth-order valence-corrected chi connectivity index (χ4v) is 3.36. The second kappa shape index (κ2) is 10.3. The third-order valence-corrected chi connectivity index (χ3v) is 5.33. The molecule has 2 atom stereocenters. The summed E-state index contributed by atoms with van der Waals surface area (Å²) in [5.74, 6) is 1.54. The molecule has 0 saturated carbocycles. The molecule has 0 aliphatic heterocycles. The van der Waals surface area contributed by atoms with Crippen LogP contribution in [0.15, 0.2) is 53.4 Å². The Morgan fingerprint density at radius 2 is 1.73 bits per heavy atom. The quantitative estimate of drug-likeness (QED) is 0.621. The third-order valence-electron chi connectivity index (χ3n) is 3.70. The molecule has 2 unspecified atom stereocenters. The molecule has 140 valence electrons. The van der Waals surface area contributed by atoms with Crippen molar-refractivity contribution in [2.75, 3.05) is 13.7 Å². The number of halogens is 1. The van der Waals surface area contributed by atoms with Crippen molar-refractivity contribution in [3.63, 3.8) is 0 Å². The van der Waals surface area contributed by atoms with Gasteiger partial charge in [-0.1, -0.05) is 18.5 Å². The summed E-state index contributed by atoms with van der Waals surface area (Å²) in [6.07, 6.45) is 0.741. The molecule has 1 amide bonds. The van der Waals surface area contributed by atoms with Crippen molar-refractivity contribution in [1.29, 1.82) is 0 Å². The highest BCUT2D eigenvalue weighted by Gasteiger charge is 2.19. The zero-order valence-corrected chi connectivity index (χ0v) is 16.8. The van der Waals surface area contributed by atoms with Crippen LogP contribution < -0.4 is 14.8 Å². The Morgan fingerprint density at radius 3 is 2.31 bits per heavy atom. The van der Waals surface area contributed by atoms with Crippen molar-refractivity contribution in [2.24, 2.45) is 0 Å². The average molecular weight is 394 g/mol. The van der Waals surface area contributed by atoms with Gasteiger partial charge >= 0.3 is 0 Å². The Labute approximate surface area is 164 Å². The highest BCUT2D eigenvalue weighted by molar-refractivity contribution is 8.00. The van der Waals surface area contributed by atoms with Crippen LogP contribution in [0.25, 0.3) is 0 Å². The van der Waals surface area contributed by atoms with E-state index in [1.54, 1.807) is 18.9 Å². The van der Waals surface area contributed by atoms with E-state index in [4.69, 9.17) is 21.1 Å². The topological polar surface area (TPSA) is 47.6 Å². The van der Waals surface area contributed by atoms with Gasteiger partial charge in [0.2, 0.25) is 5.91 Å². The first kappa shape index (κ1) is 20.5. The molecule has 0 fully saturated rings. The summed E-state index contributed by atoms with van der Waals surface area (Å²) in [6.45, 7) is 4.34. The summed E-state index contributed by atoms with van der Waals surface area (Å²) in [4.78, 5) is 13.5. The zero-order valence-electron chi connectivity index (χ0n) is 15.2. The van der Waals surface area contributed by atoms with Crippen molar-refractivity contribution in [3.05, 3.63) is 53.6 Å². The van der Waals surface area contributed by atoms with E-state index in [1.807, 2.05) is 62.4 Å². The van der Waals surface area contributed by atoms with Crippen LogP contribution in [0.4, 0.5) is 0 Å². The Bertz CT molecular complexity index is 691.